The summed E-state index contributed by atoms with van der Waals surface area (Å²) in [4.78, 5) is 12.1. The number of aryl methyl sites for hydroxylation is 1. The molecule has 0 unspecified atom stereocenters. The van der Waals surface area contributed by atoms with Crippen molar-refractivity contribution in [3.63, 3.8) is 0 Å². The summed E-state index contributed by atoms with van der Waals surface area (Å²) in [6.45, 7) is 8.32. The summed E-state index contributed by atoms with van der Waals surface area (Å²) in [6, 6.07) is 0. The summed E-state index contributed by atoms with van der Waals surface area (Å²) >= 11 is 0. The molecule has 0 saturated heterocycles. The molecule has 1 aromatic heterocycles. The number of nitrogens with zero attached hydrogens (tertiary/aromatic N) is 3. The van der Waals surface area contributed by atoms with Crippen LogP contribution in [0.15, 0.2) is 0 Å². The molecule has 3 atom stereocenters. The SMILES string of the molecule is CC(C)[C@@H]1CC[C@@H](C)C[C@H]1OCC(=O)NCc1nnc2n1CCC2. The van der Waals surface area contributed by atoms with Crippen LogP contribution in [0, 0.1) is 17.8 Å². The van der Waals surface area contributed by atoms with Gasteiger partial charge in [0.2, 0.25) is 5.91 Å². The minimum Gasteiger partial charge on any atom is -0.368 e. The summed E-state index contributed by atoms with van der Waals surface area (Å²) in [5.74, 6) is 3.67. The molecule has 0 radical (unpaired) electrons. The number of hydrogen-bond donors (Lipinski definition) is 1. The van der Waals surface area contributed by atoms with Gasteiger partial charge in [0.15, 0.2) is 5.82 Å². The maximum absolute atomic E-state index is 12.1. The number of amides is 1. The van der Waals surface area contributed by atoms with Gasteiger partial charge in [0, 0.05) is 13.0 Å². The predicted molar refractivity (Wildman–Crippen MR) is 91.3 cm³/mol. The third kappa shape index (κ3) is 3.97. The summed E-state index contributed by atoms with van der Waals surface area (Å²) < 4.78 is 8.11. The lowest BCUT2D eigenvalue weighted by Gasteiger charge is -2.37. The van der Waals surface area contributed by atoms with Gasteiger partial charge >= 0.3 is 0 Å². The number of nitrogens with one attached hydrogen (secondary N) is 1. The highest BCUT2D eigenvalue weighted by molar-refractivity contribution is 5.77. The zero-order chi connectivity index (χ0) is 17.1. The Morgan fingerprint density at radius 2 is 2.21 bits per heavy atom. The number of rotatable bonds is 6. The normalized spacial score (nSPS) is 26.6. The summed E-state index contributed by atoms with van der Waals surface area (Å²) in [7, 11) is 0. The smallest absolute Gasteiger partial charge is 0.246 e. The number of carbonyl (C=O) groups is 1. The van der Waals surface area contributed by atoms with Gasteiger partial charge < -0.3 is 14.6 Å². The number of fused-ring (bicyclic) bond motifs is 1. The van der Waals surface area contributed by atoms with Gasteiger partial charge in [-0.3, -0.25) is 4.79 Å². The number of ether oxygens (including phenoxy) is 1. The first-order chi connectivity index (χ1) is 11.5. The van der Waals surface area contributed by atoms with Gasteiger partial charge in [-0.25, -0.2) is 0 Å². The van der Waals surface area contributed by atoms with Crippen LogP contribution in [0.25, 0.3) is 0 Å². The van der Waals surface area contributed by atoms with Crippen molar-refractivity contribution in [3.05, 3.63) is 11.6 Å². The van der Waals surface area contributed by atoms with Crippen LogP contribution in [0.4, 0.5) is 0 Å². The van der Waals surface area contributed by atoms with E-state index in [2.05, 4.69) is 40.9 Å². The fraction of sp³-hybridized carbons (Fsp3) is 0.833. The minimum absolute atomic E-state index is 0.0638. The standard InChI is InChI=1S/C18H30N4O2/c1-12(2)14-7-6-13(3)9-15(14)24-11-18(23)19-10-17-21-20-16-5-4-8-22(16)17/h12-15H,4-11H2,1-3H3,(H,19,23)/t13-,14+,15-/m1/s1. The first-order valence-corrected chi connectivity index (χ1v) is 9.34. The summed E-state index contributed by atoms with van der Waals surface area (Å²) in [5.41, 5.74) is 0. The van der Waals surface area contributed by atoms with Crippen molar-refractivity contribution < 1.29 is 9.53 Å². The number of aromatic nitrogens is 3. The molecule has 0 aromatic carbocycles. The third-order valence-corrected chi connectivity index (χ3v) is 5.52. The molecule has 1 saturated carbocycles. The molecule has 2 aliphatic rings. The second-order valence-electron chi connectivity index (χ2n) is 7.74. The van der Waals surface area contributed by atoms with E-state index in [0.29, 0.717) is 24.3 Å². The van der Waals surface area contributed by atoms with E-state index in [1.165, 1.54) is 12.8 Å². The van der Waals surface area contributed by atoms with Crippen LogP contribution in [0.5, 0.6) is 0 Å². The molecular weight excluding hydrogens is 304 g/mol. The molecule has 0 bridgehead atoms. The molecule has 1 aliphatic carbocycles. The first-order valence-electron chi connectivity index (χ1n) is 9.34. The van der Waals surface area contributed by atoms with Gasteiger partial charge in [0.25, 0.3) is 0 Å². The number of carbonyl (C=O) groups excluding carboxylic acids is 1. The molecule has 1 aliphatic heterocycles. The molecule has 2 heterocycles. The quantitative estimate of drug-likeness (QED) is 0.867. The Kier molecular flexibility index (Phi) is 5.54. The average molecular weight is 334 g/mol. The molecule has 1 fully saturated rings. The Balaban J connectivity index is 1.46. The van der Waals surface area contributed by atoms with E-state index < -0.39 is 0 Å². The van der Waals surface area contributed by atoms with Gasteiger partial charge in [-0.2, -0.15) is 0 Å². The topological polar surface area (TPSA) is 69.0 Å². The van der Waals surface area contributed by atoms with Gasteiger partial charge in [-0.05, 0) is 37.0 Å². The molecule has 1 aromatic rings. The first kappa shape index (κ1) is 17.4. The molecule has 134 valence electrons. The molecule has 1 N–H and O–H groups in total. The van der Waals surface area contributed by atoms with Crippen LogP contribution >= 0.6 is 0 Å². The van der Waals surface area contributed by atoms with Crippen molar-refractivity contribution in [2.45, 2.75) is 72.1 Å². The highest BCUT2D eigenvalue weighted by Crippen LogP contribution is 2.35. The monoisotopic (exact) mass is 334 g/mol. The second kappa shape index (κ2) is 7.64. The van der Waals surface area contributed by atoms with E-state index in [1.807, 2.05) is 0 Å². The fourth-order valence-electron chi connectivity index (χ4n) is 4.06. The maximum atomic E-state index is 12.1. The van der Waals surface area contributed by atoms with Gasteiger partial charge in [-0.15, -0.1) is 10.2 Å². The zero-order valence-corrected chi connectivity index (χ0v) is 15.1. The maximum Gasteiger partial charge on any atom is 0.246 e. The lowest BCUT2D eigenvalue weighted by Crippen LogP contribution is -2.37. The predicted octanol–water partition coefficient (Wildman–Crippen LogP) is 2.32. The fourth-order valence-corrected chi connectivity index (χ4v) is 4.06. The van der Waals surface area contributed by atoms with Crippen molar-refractivity contribution in [2.24, 2.45) is 17.8 Å². The van der Waals surface area contributed by atoms with E-state index in [1.54, 1.807) is 0 Å². The Hall–Kier alpha value is -1.43. The van der Waals surface area contributed by atoms with Crippen LogP contribution in [0.2, 0.25) is 0 Å². The largest absolute Gasteiger partial charge is 0.368 e. The van der Waals surface area contributed by atoms with Crippen molar-refractivity contribution in [3.8, 4) is 0 Å². The Morgan fingerprint density at radius 1 is 1.38 bits per heavy atom. The van der Waals surface area contributed by atoms with E-state index in [9.17, 15) is 4.79 Å². The lowest BCUT2D eigenvalue weighted by molar-refractivity contribution is -0.131. The lowest BCUT2D eigenvalue weighted by atomic mass is 9.75. The van der Waals surface area contributed by atoms with Crippen LogP contribution in [0.3, 0.4) is 0 Å². The van der Waals surface area contributed by atoms with Gasteiger partial charge in [-0.1, -0.05) is 27.2 Å². The van der Waals surface area contributed by atoms with Crippen molar-refractivity contribution >= 4 is 5.91 Å². The Bertz CT molecular complexity index is 569. The van der Waals surface area contributed by atoms with Crippen LogP contribution in [-0.4, -0.2) is 33.4 Å². The van der Waals surface area contributed by atoms with Crippen molar-refractivity contribution in [1.82, 2.24) is 20.1 Å². The molecule has 0 spiro atoms. The molecule has 24 heavy (non-hydrogen) atoms. The Labute approximate surface area is 144 Å². The highest BCUT2D eigenvalue weighted by Gasteiger charge is 2.31. The summed E-state index contributed by atoms with van der Waals surface area (Å²) in [6.07, 6.45) is 5.85. The zero-order valence-electron chi connectivity index (χ0n) is 15.1. The highest BCUT2D eigenvalue weighted by atomic mass is 16.5. The minimum atomic E-state index is -0.0638. The second-order valence-corrected chi connectivity index (χ2v) is 7.74. The van der Waals surface area contributed by atoms with E-state index in [4.69, 9.17) is 4.74 Å². The molecule has 1 amide bonds. The third-order valence-electron chi connectivity index (χ3n) is 5.52. The molecule has 6 heteroatoms. The van der Waals surface area contributed by atoms with Crippen LogP contribution in [0.1, 0.15) is 58.1 Å². The van der Waals surface area contributed by atoms with Crippen molar-refractivity contribution in [2.75, 3.05) is 6.61 Å². The molecule has 6 nitrogen and oxygen atoms in total. The average Bonchev–Trinajstić information content (AvgIpc) is 3.14. The molecular formula is C18H30N4O2. The van der Waals surface area contributed by atoms with E-state index in [-0.39, 0.29) is 18.6 Å². The van der Waals surface area contributed by atoms with Crippen LogP contribution < -0.4 is 5.32 Å². The van der Waals surface area contributed by atoms with Crippen molar-refractivity contribution in [1.29, 1.82) is 0 Å². The van der Waals surface area contributed by atoms with Crippen LogP contribution in [-0.2, 0) is 29.0 Å². The Morgan fingerprint density at radius 3 is 3.00 bits per heavy atom. The van der Waals surface area contributed by atoms with E-state index in [0.717, 1.165) is 37.5 Å². The van der Waals surface area contributed by atoms with E-state index >= 15 is 0 Å². The summed E-state index contributed by atoms with van der Waals surface area (Å²) in [5, 5.41) is 11.2. The van der Waals surface area contributed by atoms with Gasteiger partial charge in [0.1, 0.15) is 12.4 Å². The number of hydrogen-bond acceptors (Lipinski definition) is 4. The van der Waals surface area contributed by atoms with Gasteiger partial charge in [0.05, 0.1) is 12.6 Å². The molecule has 3 rings (SSSR count).